The molecule has 11 heteroatoms. The molecule has 7 nitrogen and oxygen atoms in total. The molecule has 1 fully saturated rings. The van der Waals surface area contributed by atoms with Gasteiger partial charge in [-0.3, -0.25) is 4.40 Å². The van der Waals surface area contributed by atoms with Gasteiger partial charge in [0.25, 0.3) is 0 Å². The van der Waals surface area contributed by atoms with Gasteiger partial charge in [-0.1, -0.05) is 11.6 Å². The Hall–Kier alpha value is -2.62. The van der Waals surface area contributed by atoms with E-state index >= 15 is 0 Å². The third kappa shape index (κ3) is 3.61. The maximum Gasteiger partial charge on any atom is 0.419 e. The molecule has 0 aromatic carbocycles. The highest BCUT2D eigenvalue weighted by Gasteiger charge is 2.31. The molecule has 1 saturated heterocycles. The van der Waals surface area contributed by atoms with Crippen LogP contribution in [0.15, 0.2) is 31.0 Å². The van der Waals surface area contributed by atoms with Gasteiger partial charge >= 0.3 is 6.18 Å². The summed E-state index contributed by atoms with van der Waals surface area (Å²) in [6.45, 7) is 1.43. The summed E-state index contributed by atoms with van der Waals surface area (Å²) in [5.74, 6) is 0.921. The molecule has 1 N–H and O–H groups in total. The van der Waals surface area contributed by atoms with Gasteiger partial charge in [-0.2, -0.15) is 13.2 Å². The van der Waals surface area contributed by atoms with E-state index in [1.165, 1.54) is 0 Å². The van der Waals surface area contributed by atoms with Crippen molar-refractivity contribution in [1.82, 2.24) is 24.3 Å². The fourth-order valence-corrected chi connectivity index (χ4v) is 3.32. The van der Waals surface area contributed by atoms with E-state index < -0.39 is 11.7 Å². The lowest BCUT2D eigenvalue weighted by molar-refractivity contribution is -0.138. The van der Waals surface area contributed by atoms with Crippen LogP contribution in [0.25, 0.3) is 5.52 Å². The minimum atomic E-state index is -4.45. The molecule has 1 atom stereocenters. The number of anilines is 2. The Bertz CT molecular complexity index is 941. The van der Waals surface area contributed by atoms with Crippen molar-refractivity contribution in [2.45, 2.75) is 25.1 Å². The average Bonchev–Trinajstić information content (AvgIpc) is 3.07. The van der Waals surface area contributed by atoms with Crippen molar-refractivity contribution in [3.8, 4) is 0 Å². The zero-order chi connectivity index (χ0) is 19.0. The third-order valence-corrected chi connectivity index (χ3v) is 4.70. The summed E-state index contributed by atoms with van der Waals surface area (Å²) in [7, 11) is 0. The second kappa shape index (κ2) is 6.84. The van der Waals surface area contributed by atoms with Crippen molar-refractivity contribution >= 4 is 29.0 Å². The van der Waals surface area contributed by atoms with E-state index in [0.29, 0.717) is 11.7 Å². The zero-order valence-corrected chi connectivity index (χ0v) is 14.7. The van der Waals surface area contributed by atoms with Crippen LogP contribution in [0.4, 0.5) is 25.1 Å². The molecule has 0 spiro atoms. The Morgan fingerprint density at radius 3 is 2.63 bits per heavy atom. The average molecular weight is 398 g/mol. The normalized spacial score (nSPS) is 18.1. The summed E-state index contributed by atoms with van der Waals surface area (Å²) >= 11 is 6.09. The van der Waals surface area contributed by atoms with Crippen molar-refractivity contribution in [1.29, 1.82) is 0 Å². The van der Waals surface area contributed by atoms with Gasteiger partial charge in [-0.15, -0.1) is 0 Å². The highest BCUT2D eigenvalue weighted by atomic mass is 35.5. The first-order chi connectivity index (χ1) is 12.9. The maximum atomic E-state index is 12.6. The van der Waals surface area contributed by atoms with E-state index in [1.54, 1.807) is 18.6 Å². The number of nitrogens with zero attached hydrogens (tertiary/aromatic N) is 6. The van der Waals surface area contributed by atoms with Crippen LogP contribution in [0.2, 0.25) is 5.15 Å². The molecular weight excluding hydrogens is 383 g/mol. The zero-order valence-electron chi connectivity index (χ0n) is 14.0. The molecule has 4 rings (SSSR count). The molecule has 3 aromatic heterocycles. The third-order valence-electron chi connectivity index (χ3n) is 4.41. The van der Waals surface area contributed by atoms with Gasteiger partial charge < -0.3 is 10.2 Å². The lowest BCUT2D eigenvalue weighted by atomic mass is 10.1. The van der Waals surface area contributed by atoms with Gasteiger partial charge in [-0.25, -0.2) is 19.9 Å². The van der Waals surface area contributed by atoms with Gasteiger partial charge in [0.05, 0.1) is 11.8 Å². The molecule has 142 valence electrons. The molecule has 0 amide bonds. The Labute approximate surface area is 157 Å². The summed E-state index contributed by atoms with van der Waals surface area (Å²) in [4.78, 5) is 18.1. The molecule has 1 aliphatic rings. The SMILES string of the molecule is FC(F)(F)c1cnc(N[C@@H]2CCCN(c3ncc4c(Cl)nccn34)C2)nc1. The number of aromatic nitrogens is 5. The number of imidazole rings is 1. The lowest BCUT2D eigenvalue weighted by Crippen LogP contribution is -2.43. The van der Waals surface area contributed by atoms with E-state index in [1.807, 2.05) is 4.40 Å². The monoisotopic (exact) mass is 397 g/mol. The summed E-state index contributed by atoms with van der Waals surface area (Å²) in [5.41, 5.74) is -0.150. The summed E-state index contributed by atoms with van der Waals surface area (Å²) in [6.07, 6.45) is 3.94. The number of hydrogen-bond acceptors (Lipinski definition) is 6. The highest BCUT2D eigenvalue weighted by molar-refractivity contribution is 6.32. The first kappa shape index (κ1) is 17.8. The van der Waals surface area contributed by atoms with Crippen LogP contribution in [-0.4, -0.2) is 43.5 Å². The second-order valence-electron chi connectivity index (χ2n) is 6.25. The van der Waals surface area contributed by atoms with Gasteiger partial charge in [0.2, 0.25) is 11.9 Å². The van der Waals surface area contributed by atoms with Crippen molar-refractivity contribution in [3.05, 3.63) is 41.7 Å². The first-order valence-electron chi connectivity index (χ1n) is 8.30. The molecule has 0 saturated carbocycles. The molecule has 4 heterocycles. The fraction of sp³-hybridized carbons (Fsp3) is 0.375. The first-order valence-corrected chi connectivity index (χ1v) is 8.68. The second-order valence-corrected chi connectivity index (χ2v) is 6.61. The summed E-state index contributed by atoms with van der Waals surface area (Å²) in [5, 5.41) is 3.48. The topological polar surface area (TPSA) is 71.2 Å². The molecule has 0 radical (unpaired) electrons. The van der Waals surface area contributed by atoms with Crippen molar-refractivity contribution in [2.75, 3.05) is 23.3 Å². The van der Waals surface area contributed by atoms with E-state index in [4.69, 9.17) is 11.6 Å². The van der Waals surface area contributed by atoms with Crippen LogP contribution in [0.3, 0.4) is 0 Å². The molecule has 27 heavy (non-hydrogen) atoms. The van der Waals surface area contributed by atoms with E-state index in [0.717, 1.165) is 43.2 Å². The number of halogens is 4. The minimum Gasteiger partial charge on any atom is -0.350 e. The Balaban J connectivity index is 1.49. The number of nitrogens with one attached hydrogen (secondary N) is 1. The predicted molar refractivity (Wildman–Crippen MR) is 93.9 cm³/mol. The van der Waals surface area contributed by atoms with Crippen molar-refractivity contribution < 1.29 is 13.2 Å². The van der Waals surface area contributed by atoms with Gasteiger partial charge in [-0.05, 0) is 12.8 Å². The molecule has 0 bridgehead atoms. The Kier molecular flexibility index (Phi) is 4.50. The molecule has 3 aromatic rings. The minimum absolute atomic E-state index is 0.0138. The predicted octanol–water partition coefficient (Wildman–Crippen LogP) is 3.27. The van der Waals surface area contributed by atoms with Crippen LogP contribution in [-0.2, 0) is 6.18 Å². The summed E-state index contributed by atoms with van der Waals surface area (Å²) in [6, 6.07) is -0.0138. The Morgan fingerprint density at radius 1 is 1.11 bits per heavy atom. The van der Waals surface area contributed by atoms with Crippen LogP contribution >= 0.6 is 11.6 Å². The van der Waals surface area contributed by atoms with Gasteiger partial charge in [0.1, 0.15) is 5.52 Å². The summed E-state index contributed by atoms with van der Waals surface area (Å²) < 4.78 is 39.7. The number of rotatable bonds is 3. The number of piperidine rings is 1. The molecular formula is C16H15ClF3N7. The van der Waals surface area contributed by atoms with Crippen molar-refractivity contribution in [3.63, 3.8) is 0 Å². The van der Waals surface area contributed by atoms with Crippen molar-refractivity contribution in [2.24, 2.45) is 0 Å². The smallest absolute Gasteiger partial charge is 0.350 e. The van der Waals surface area contributed by atoms with Crippen LogP contribution in [0.5, 0.6) is 0 Å². The van der Waals surface area contributed by atoms with E-state index in [-0.39, 0.29) is 12.0 Å². The Morgan fingerprint density at radius 2 is 1.89 bits per heavy atom. The van der Waals surface area contributed by atoms with Gasteiger partial charge in [0, 0.05) is 43.9 Å². The largest absolute Gasteiger partial charge is 0.419 e. The molecule has 1 aliphatic heterocycles. The molecule has 0 aliphatic carbocycles. The number of fused-ring (bicyclic) bond motifs is 1. The van der Waals surface area contributed by atoms with E-state index in [9.17, 15) is 13.2 Å². The molecule has 0 unspecified atom stereocenters. The van der Waals surface area contributed by atoms with Gasteiger partial charge in [0.15, 0.2) is 5.15 Å². The number of hydrogen-bond donors (Lipinski definition) is 1. The quantitative estimate of drug-likeness (QED) is 0.731. The van der Waals surface area contributed by atoms with Crippen LogP contribution in [0.1, 0.15) is 18.4 Å². The number of alkyl halides is 3. The fourth-order valence-electron chi connectivity index (χ4n) is 3.12. The lowest BCUT2D eigenvalue weighted by Gasteiger charge is -2.33. The standard InChI is InChI=1S/C16H15ClF3N7/c17-13-12-8-24-15(27(12)5-3-21-13)26-4-1-2-11(9-26)25-14-22-6-10(7-23-14)16(18,19)20/h3,5-8,11H,1-2,4,9H2,(H,22,23,25)/t11-/m1/s1. The van der Waals surface area contributed by atoms with Crippen LogP contribution in [0, 0.1) is 0 Å². The highest BCUT2D eigenvalue weighted by Crippen LogP contribution is 2.28. The maximum absolute atomic E-state index is 12.6. The van der Waals surface area contributed by atoms with E-state index in [2.05, 4.69) is 30.2 Å². The van der Waals surface area contributed by atoms with Crippen LogP contribution < -0.4 is 10.2 Å².